The van der Waals surface area contributed by atoms with Gasteiger partial charge in [0.15, 0.2) is 0 Å². The number of carboxylic acid groups (broad SMARTS) is 1. The number of nitrogens with zero attached hydrogens (tertiary/aromatic N) is 3. The highest BCUT2D eigenvalue weighted by Gasteiger charge is 2.26. The Morgan fingerprint density at radius 2 is 1.55 bits per heavy atom. The first kappa shape index (κ1) is 30.2. The Kier molecular flexibility index (Phi) is 9.14. The van der Waals surface area contributed by atoms with E-state index >= 15 is 0 Å². The summed E-state index contributed by atoms with van der Waals surface area (Å²) in [5.74, 6) is -1.35. The van der Waals surface area contributed by atoms with Crippen molar-refractivity contribution in [1.29, 1.82) is 0 Å². The summed E-state index contributed by atoms with van der Waals surface area (Å²) >= 11 is 0. The van der Waals surface area contributed by atoms with Gasteiger partial charge < -0.3 is 19.8 Å². The molecule has 0 radical (unpaired) electrons. The van der Waals surface area contributed by atoms with Gasteiger partial charge in [0.25, 0.3) is 5.89 Å². The second-order valence-electron chi connectivity index (χ2n) is 11.2. The van der Waals surface area contributed by atoms with Gasteiger partial charge in [0.2, 0.25) is 17.6 Å². The number of aryl methyl sites for hydroxylation is 1. The average molecular weight is 591 g/mol. The molecular formula is C35H34N4O5. The van der Waals surface area contributed by atoms with Gasteiger partial charge in [-0.25, -0.2) is 0 Å². The summed E-state index contributed by atoms with van der Waals surface area (Å²) in [4.78, 5) is 42.7. The Balaban J connectivity index is 1.23. The van der Waals surface area contributed by atoms with E-state index in [0.29, 0.717) is 23.8 Å². The van der Waals surface area contributed by atoms with E-state index in [1.807, 2.05) is 48.5 Å². The van der Waals surface area contributed by atoms with Crippen LogP contribution in [0.3, 0.4) is 0 Å². The summed E-state index contributed by atoms with van der Waals surface area (Å²) in [6.45, 7) is 5.36. The van der Waals surface area contributed by atoms with E-state index in [1.165, 1.54) is 10.5 Å². The molecule has 1 unspecified atom stereocenters. The molecule has 0 bridgehead atoms. The predicted molar refractivity (Wildman–Crippen MR) is 167 cm³/mol. The lowest BCUT2D eigenvalue weighted by atomic mass is 9.97. The smallest absolute Gasteiger partial charge is 0.323 e. The van der Waals surface area contributed by atoms with Crippen molar-refractivity contribution in [2.45, 2.75) is 33.7 Å². The Morgan fingerprint density at radius 3 is 2.14 bits per heavy atom. The van der Waals surface area contributed by atoms with Gasteiger partial charge in [-0.1, -0.05) is 97.4 Å². The van der Waals surface area contributed by atoms with E-state index in [2.05, 4.69) is 46.6 Å². The normalized spacial score (nSPS) is 14.3. The minimum atomic E-state index is -1.10. The molecule has 1 aromatic heterocycles. The molecule has 3 aromatic carbocycles. The van der Waals surface area contributed by atoms with Crippen LogP contribution in [0.15, 0.2) is 101 Å². The van der Waals surface area contributed by atoms with Gasteiger partial charge in [-0.05, 0) is 48.2 Å². The molecule has 4 aromatic rings. The molecule has 2 N–H and O–H groups in total. The molecule has 0 aliphatic heterocycles. The molecule has 44 heavy (non-hydrogen) atoms. The molecule has 2 amide bonds. The van der Waals surface area contributed by atoms with E-state index in [-0.39, 0.29) is 24.3 Å². The zero-order valence-electron chi connectivity index (χ0n) is 24.9. The molecule has 9 heteroatoms. The van der Waals surface area contributed by atoms with Crippen molar-refractivity contribution in [2.24, 2.45) is 11.8 Å². The Labute approximate surface area is 255 Å². The number of amides is 2. The summed E-state index contributed by atoms with van der Waals surface area (Å²) in [5.41, 5.74) is 6.37. The lowest BCUT2D eigenvalue weighted by molar-refractivity contribution is -0.146. The van der Waals surface area contributed by atoms with Gasteiger partial charge in [-0.3, -0.25) is 14.4 Å². The van der Waals surface area contributed by atoms with E-state index in [1.54, 1.807) is 32.1 Å². The Hall–Kier alpha value is -5.31. The minimum Gasteiger partial charge on any atom is -0.480 e. The molecule has 0 spiro atoms. The molecule has 9 nitrogen and oxygen atoms in total. The molecule has 0 fully saturated rings. The van der Waals surface area contributed by atoms with Crippen molar-refractivity contribution < 1.29 is 24.0 Å². The fourth-order valence-corrected chi connectivity index (χ4v) is 4.78. The first-order valence-corrected chi connectivity index (χ1v) is 14.5. The van der Waals surface area contributed by atoms with Crippen molar-refractivity contribution in [2.75, 3.05) is 6.54 Å². The first-order valence-electron chi connectivity index (χ1n) is 14.5. The molecule has 1 aliphatic rings. The average Bonchev–Trinajstić information content (AvgIpc) is 3.52. The van der Waals surface area contributed by atoms with Crippen LogP contribution in [0.1, 0.15) is 31.4 Å². The second kappa shape index (κ2) is 13.3. The number of benzene rings is 3. The van der Waals surface area contributed by atoms with E-state index in [0.717, 1.165) is 27.8 Å². The highest BCUT2D eigenvalue weighted by atomic mass is 16.5. The van der Waals surface area contributed by atoms with Gasteiger partial charge in [0, 0.05) is 29.3 Å². The van der Waals surface area contributed by atoms with Crippen molar-refractivity contribution in [1.82, 2.24) is 20.4 Å². The van der Waals surface area contributed by atoms with Gasteiger partial charge in [-0.15, -0.1) is 0 Å². The summed E-state index contributed by atoms with van der Waals surface area (Å²) < 4.78 is 5.53. The van der Waals surface area contributed by atoms with E-state index in [4.69, 9.17) is 4.52 Å². The van der Waals surface area contributed by atoms with Gasteiger partial charge in [0.1, 0.15) is 6.54 Å². The quantitative estimate of drug-likeness (QED) is 0.231. The van der Waals surface area contributed by atoms with Crippen LogP contribution in [0.5, 0.6) is 0 Å². The van der Waals surface area contributed by atoms with Crippen LogP contribution in [-0.4, -0.2) is 44.5 Å². The van der Waals surface area contributed by atoms with Crippen LogP contribution in [0.4, 0.5) is 0 Å². The maximum absolute atomic E-state index is 13.3. The molecule has 0 saturated carbocycles. The molecule has 1 atom stereocenters. The minimum absolute atomic E-state index is 0.105. The molecule has 224 valence electrons. The van der Waals surface area contributed by atoms with Crippen molar-refractivity contribution in [3.05, 3.63) is 108 Å². The standard InChI is InChI=1S/C35H34N4O5/c1-22(2)33(42)36-30-18-16-29(17-19-30)35(43)39(21-31(40)41)20-24-6-10-27(11-7-24)32-37-34(44-38-32)28-14-12-26(13-15-28)25-8-4-23(3)5-9-25/h4-16,18-19,22,29H,17,20-21H2,1-3H3,(H,36,42)(H,40,41). The number of carbonyl (C=O) groups excluding carboxylic acids is 2. The van der Waals surface area contributed by atoms with Crippen molar-refractivity contribution in [3.8, 4) is 34.0 Å². The van der Waals surface area contributed by atoms with E-state index in [9.17, 15) is 19.5 Å². The lowest BCUT2D eigenvalue weighted by Gasteiger charge is -2.26. The van der Waals surface area contributed by atoms with Crippen LogP contribution in [0, 0.1) is 18.8 Å². The zero-order chi connectivity index (χ0) is 31.2. The van der Waals surface area contributed by atoms with Crippen LogP contribution in [0.25, 0.3) is 34.0 Å². The predicted octanol–water partition coefficient (Wildman–Crippen LogP) is 6.02. The number of aliphatic carboxylic acids is 1. The first-order chi connectivity index (χ1) is 21.2. The zero-order valence-corrected chi connectivity index (χ0v) is 24.9. The highest BCUT2D eigenvalue weighted by molar-refractivity contribution is 5.85. The molecule has 1 aliphatic carbocycles. The molecule has 0 saturated heterocycles. The summed E-state index contributed by atoms with van der Waals surface area (Å²) in [5, 5.41) is 16.4. The number of nitrogens with one attached hydrogen (secondary N) is 1. The number of allylic oxidation sites excluding steroid dienone is 2. The maximum atomic E-state index is 13.3. The number of hydrogen-bond donors (Lipinski definition) is 2. The van der Waals surface area contributed by atoms with Gasteiger partial charge in [-0.2, -0.15) is 4.98 Å². The van der Waals surface area contributed by atoms with Crippen molar-refractivity contribution >= 4 is 17.8 Å². The van der Waals surface area contributed by atoms with Crippen LogP contribution < -0.4 is 5.32 Å². The van der Waals surface area contributed by atoms with Crippen LogP contribution in [0.2, 0.25) is 0 Å². The summed E-state index contributed by atoms with van der Waals surface area (Å²) in [7, 11) is 0. The summed E-state index contributed by atoms with van der Waals surface area (Å²) in [6, 6.07) is 23.6. The highest BCUT2D eigenvalue weighted by Crippen LogP contribution is 2.27. The fraction of sp³-hybridized carbons (Fsp3) is 0.229. The monoisotopic (exact) mass is 590 g/mol. The number of carbonyl (C=O) groups is 3. The van der Waals surface area contributed by atoms with Crippen LogP contribution >= 0.6 is 0 Å². The SMILES string of the molecule is Cc1ccc(-c2ccc(-c3nc(-c4ccc(CN(CC(=O)O)C(=O)C5C=CC(NC(=O)C(C)C)=CC5)cc4)no3)cc2)cc1. The number of hydrogen-bond acceptors (Lipinski definition) is 6. The lowest BCUT2D eigenvalue weighted by Crippen LogP contribution is -2.39. The largest absolute Gasteiger partial charge is 0.480 e. The Bertz CT molecular complexity index is 1700. The van der Waals surface area contributed by atoms with Gasteiger partial charge in [0.05, 0.1) is 5.92 Å². The van der Waals surface area contributed by atoms with E-state index < -0.39 is 18.4 Å². The topological polar surface area (TPSA) is 126 Å². The van der Waals surface area contributed by atoms with Crippen LogP contribution in [-0.2, 0) is 20.9 Å². The maximum Gasteiger partial charge on any atom is 0.323 e. The third kappa shape index (κ3) is 7.36. The fourth-order valence-electron chi connectivity index (χ4n) is 4.78. The molecule has 1 heterocycles. The molecule has 5 rings (SSSR count). The number of rotatable bonds is 10. The number of carboxylic acids is 1. The summed E-state index contributed by atoms with van der Waals surface area (Å²) in [6.07, 6.45) is 5.55. The molecular weight excluding hydrogens is 556 g/mol. The number of aromatic nitrogens is 2. The third-order valence-corrected chi connectivity index (χ3v) is 7.38. The Morgan fingerprint density at radius 1 is 0.932 bits per heavy atom. The van der Waals surface area contributed by atoms with Gasteiger partial charge >= 0.3 is 5.97 Å². The second-order valence-corrected chi connectivity index (χ2v) is 11.2. The third-order valence-electron chi connectivity index (χ3n) is 7.38. The van der Waals surface area contributed by atoms with Crippen molar-refractivity contribution in [3.63, 3.8) is 0 Å².